The van der Waals surface area contributed by atoms with Crippen LogP contribution in [0, 0.1) is 5.82 Å². The number of anilines is 1. The molecule has 1 amide bonds. The lowest BCUT2D eigenvalue weighted by atomic mass is 10.1. The number of amides is 1. The van der Waals surface area contributed by atoms with Crippen molar-refractivity contribution >= 4 is 11.6 Å². The Labute approximate surface area is 116 Å². The molecule has 0 aliphatic carbocycles. The molecular weight excluding hydrogens is 257 g/mol. The summed E-state index contributed by atoms with van der Waals surface area (Å²) in [5.74, 6) is -0.198. The summed E-state index contributed by atoms with van der Waals surface area (Å²) >= 11 is 0. The summed E-state index contributed by atoms with van der Waals surface area (Å²) in [4.78, 5) is 14.1. The van der Waals surface area contributed by atoms with Crippen molar-refractivity contribution in [3.8, 4) is 5.75 Å². The van der Waals surface area contributed by atoms with Crippen molar-refractivity contribution in [2.75, 3.05) is 11.4 Å². The minimum atomic E-state index is -0.505. The second kappa shape index (κ2) is 4.96. The number of hydrogen-bond donors (Lipinski definition) is 0. The fourth-order valence-corrected chi connectivity index (χ4v) is 2.36. The van der Waals surface area contributed by atoms with Crippen LogP contribution in [-0.2, 0) is 0 Å². The predicted octanol–water partition coefficient (Wildman–Crippen LogP) is 3.25. The highest BCUT2D eigenvalue weighted by atomic mass is 19.1. The molecule has 0 aromatic heterocycles. The third-order valence-electron chi connectivity index (χ3n) is 3.27. The van der Waals surface area contributed by atoms with Gasteiger partial charge in [0.25, 0.3) is 5.91 Å². The first-order valence-electron chi connectivity index (χ1n) is 6.49. The zero-order valence-corrected chi connectivity index (χ0v) is 11.0. The molecule has 1 heterocycles. The highest BCUT2D eigenvalue weighted by molar-refractivity contribution is 6.07. The molecule has 0 fully saturated rings. The van der Waals surface area contributed by atoms with E-state index in [0.29, 0.717) is 18.0 Å². The van der Waals surface area contributed by atoms with Crippen molar-refractivity contribution < 1.29 is 13.9 Å². The maximum atomic E-state index is 13.8. The third-order valence-corrected chi connectivity index (χ3v) is 3.27. The first-order chi connectivity index (χ1) is 9.66. The van der Waals surface area contributed by atoms with Crippen LogP contribution in [-0.4, -0.2) is 18.6 Å². The normalized spacial score (nSPS) is 17.3. The predicted molar refractivity (Wildman–Crippen MR) is 74.6 cm³/mol. The zero-order chi connectivity index (χ0) is 14.1. The smallest absolute Gasteiger partial charge is 0.261 e. The van der Waals surface area contributed by atoms with Gasteiger partial charge in [-0.3, -0.25) is 4.79 Å². The molecule has 102 valence electrons. The summed E-state index contributed by atoms with van der Waals surface area (Å²) in [6.07, 6.45) is -0.124. The lowest BCUT2D eigenvalue weighted by Gasteiger charge is -2.33. The molecule has 3 rings (SSSR count). The first-order valence-corrected chi connectivity index (χ1v) is 6.49. The molecule has 4 heteroatoms. The minimum Gasteiger partial charge on any atom is -0.487 e. The number of carbonyl (C=O) groups excluding carboxylic acids is 1. The largest absolute Gasteiger partial charge is 0.487 e. The Kier molecular flexibility index (Phi) is 3.14. The first kappa shape index (κ1) is 12.7. The average molecular weight is 271 g/mol. The Morgan fingerprint density at radius 1 is 1.20 bits per heavy atom. The summed E-state index contributed by atoms with van der Waals surface area (Å²) in [5, 5.41) is 0. The number of benzene rings is 2. The number of nitrogens with zero attached hydrogens (tertiary/aromatic N) is 1. The fraction of sp³-hybridized carbons (Fsp3) is 0.188. The quantitative estimate of drug-likeness (QED) is 0.796. The van der Waals surface area contributed by atoms with Gasteiger partial charge in [0.15, 0.2) is 0 Å². The maximum absolute atomic E-state index is 13.8. The molecule has 2 aromatic rings. The van der Waals surface area contributed by atoms with E-state index in [0.717, 1.165) is 0 Å². The molecule has 1 aliphatic rings. The summed E-state index contributed by atoms with van der Waals surface area (Å²) < 4.78 is 19.5. The van der Waals surface area contributed by atoms with Crippen LogP contribution in [0.25, 0.3) is 0 Å². The molecule has 2 aromatic carbocycles. The number of halogens is 1. The number of rotatable bonds is 1. The van der Waals surface area contributed by atoms with Gasteiger partial charge in [-0.1, -0.05) is 24.3 Å². The van der Waals surface area contributed by atoms with E-state index in [1.807, 2.05) is 25.1 Å². The Morgan fingerprint density at radius 2 is 1.90 bits per heavy atom. The van der Waals surface area contributed by atoms with E-state index < -0.39 is 5.82 Å². The highest BCUT2D eigenvalue weighted by Crippen LogP contribution is 2.34. The number of para-hydroxylation sites is 2. The SMILES string of the molecule is CC1CN(C(=O)c2ccccc2F)c2ccccc2O1. The van der Waals surface area contributed by atoms with Crippen molar-refractivity contribution in [3.63, 3.8) is 0 Å². The summed E-state index contributed by atoms with van der Waals surface area (Å²) in [7, 11) is 0. The Morgan fingerprint density at radius 3 is 2.70 bits per heavy atom. The van der Waals surface area contributed by atoms with Crippen molar-refractivity contribution in [2.24, 2.45) is 0 Å². The summed E-state index contributed by atoms with van der Waals surface area (Å²) in [5.41, 5.74) is 0.759. The van der Waals surface area contributed by atoms with Gasteiger partial charge in [-0.05, 0) is 31.2 Å². The second-order valence-corrected chi connectivity index (χ2v) is 4.79. The molecule has 0 spiro atoms. The van der Waals surface area contributed by atoms with Gasteiger partial charge in [0.1, 0.15) is 17.7 Å². The molecule has 0 N–H and O–H groups in total. The van der Waals surface area contributed by atoms with Crippen LogP contribution in [0.3, 0.4) is 0 Å². The molecule has 1 aliphatic heterocycles. The van der Waals surface area contributed by atoms with Crippen LogP contribution in [0.4, 0.5) is 10.1 Å². The average Bonchev–Trinajstić information content (AvgIpc) is 2.46. The van der Waals surface area contributed by atoms with Gasteiger partial charge in [0.05, 0.1) is 17.8 Å². The van der Waals surface area contributed by atoms with E-state index in [-0.39, 0.29) is 17.6 Å². The van der Waals surface area contributed by atoms with E-state index in [1.54, 1.807) is 23.1 Å². The van der Waals surface area contributed by atoms with Crippen LogP contribution in [0.2, 0.25) is 0 Å². The molecule has 1 unspecified atom stereocenters. The topological polar surface area (TPSA) is 29.5 Å². The highest BCUT2D eigenvalue weighted by Gasteiger charge is 2.29. The molecule has 1 atom stereocenters. The van der Waals surface area contributed by atoms with Gasteiger partial charge in [-0.15, -0.1) is 0 Å². The molecule has 0 saturated heterocycles. The minimum absolute atomic E-state index is 0.0800. The van der Waals surface area contributed by atoms with Crippen LogP contribution in [0.5, 0.6) is 5.75 Å². The summed E-state index contributed by atoms with van der Waals surface area (Å²) in [6.45, 7) is 2.29. The van der Waals surface area contributed by atoms with Crippen LogP contribution in [0.1, 0.15) is 17.3 Å². The van der Waals surface area contributed by atoms with Crippen LogP contribution in [0.15, 0.2) is 48.5 Å². The van der Waals surface area contributed by atoms with E-state index in [2.05, 4.69) is 0 Å². The van der Waals surface area contributed by atoms with Gasteiger partial charge < -0.3 is 9.64 Å². The van der Waals surface area contributed by atoms with Gasteiger partial charge >= 0.3 is 0 Å². The lowest BCUT2D eigenvalue weighted by molar-refractivity contribution is 0.0957. The van der Waals surface area contributed by atoms with Gasteiger partial charge in [0, 0.05) is 0 Å². The Hall–Kier alpha value is -2.36. The molecular formula is C16H14FNO2. The van der Waals surface area contributed by atoms with Crippen molar-refractivity contribution in [1.29, 1.82) is 0 Å². The van der Waals surface area contributed by atoms with E-state index in [1.165, 1.54) is 12.1 Å². The maximum Gasteiger partial charge on any atom is 0.261 e. The van der Waals surface area contributed by atoms with Crippen molar-refractivity contribution in [1.82, 2.24) is 0 Å². The van der Waals surface area contributed by atoms with Crippen molar-refractivity contribution in [2.45, 2.75) is 13.0 Å². The lowest BCUT2D eigenvalue weighted by Crippen LogP contribution is -2.42. The third kappa shape index (κ3) is 2.13. The van der Waals surface area contributed by atoms with Gasteiger partial charge in [0.2, 0.25) is 0 Å². The van der Waals surface area contributed by atoms with Gasteiger partial charge in [-0.25, -0.2) is 4.39 Å². The van der Waals surface area contributed by atoms with E-state index in [4.69, 9.17) is 4.74 Å². The van der Waals surface area contributed by atoms with Crippen LogP contribution >= 0.6 is 0 Å². The Balaban J connectivity index is 2.02. The number of carbonyl (C=O) groups is 1. The molecule has 20 heavy (non-hydrogen) atoms. The fourth-order valence-electron chi connectivity index (χ4n) is 2.36. The van der Waals surface area contributed by atoms with Crippen molar-refractivity contribution in [3.05, 3.63) is 59.9 Å². The zero-order valence-electron chi connectivity index (χ0n) is 11.0. The number of ether oxygens (including phenoxy) is 1. The van der Waals surface area contributed by atoms with E-state index in [9.17, 15) is 9.18 Å². The monoisotopic (exact) mass is 271 g/mol. The Bertz CT molecular complexity index is 656. The number of fused-ring (bicyclic) bond motifs is 1. The van der Waals surface area contributed by atoms with Gasteiger partial charge in [-0.2, -0.15) is 0 Å². The molecule has 0 saturated carbocycles. The molecule has 0 radical (unpaired) electrons. The standard InChI is InChI=1S/C16H14FNO2/c1-11-10-18(14-8-4-5-9-15(14)20-11)16(19)12-6-2-3-7-13(12)17/h2-9,11H,10H2,1H3. The number of hydrogen-bond acceptors (Lipinski definition) is 2. The van der Waals surface area contributed by atoms with Crippen LogP contribution < -0.4 is 9.64 Å². The molecule has 0 bridgehead atoms. The summed E-state index contributed by atoms with van der Waals surface area (Å²) in [6, 6.07) is 13.3. The second-order valence-electron chi connectivity index (χ2n) is 4.79. The van der Waals surface area contributed by atoms with E-state index >= 15 is 0 Å². The molecule has 3 nitrogen and oxygen atoms in total.